The molecular formula is C19H32N4O. The summed E-state index contributed by atoms with van der Waals surface area (Å²) in [4.78, 5) is 19.2. The number of rotatable bonds is 8. The van der Waals surface area contributed by atoms with Gasteiger partial charge in [-0.3, -0.25) is 4.79 Å². The third kappa shape index (κ3) is 5.80. The van der Waals surface area contributed by atoms with Gasteiger partial charge in [-0.25, -0.2) is 0 Å². The van der Waals surface area contributed by atoms with E-state index in [2.05, 4.69) is 22.0 Å². The minimum Gasteiger partial charge on any atom is -0.378 e. The number of anilines is 1. The van der Waals surface area contributed by atoms with Crippen LogP contribution in [0, 0.1) is 0 Å². The van der Waals surface area contributed by atoms with E-state index < -0.39 is 0 Å². The van der Waals surface area contributed by atoms with Crippen LogP contribution < -0.4 is 10.2 Å². The monoisotopic (exact) mass is 332 g/mol. The molecule has 24 heavy (non-hydrogen) atoms. The first-order chi connectivity index (χ1) is 11.6. The van der Waals surface area contributed by atoms with Crippen LogP contribution in [-0.2, 0) is 0 Å². The standard InChI is InChI=1S/C19H32N4O/c1-4-22-13-15-23(16-14-22)12-6-5-11-20-19(24)17-7-9-18(10-8-17)21(2)3/h7-10H,4-6,11-16H2,1-3H3,(H,20,24). The van der Waals surface area contributed by atoms with Crippen LogP contribution in [0.15, 0.2) is 24.3 Å². The van der Waals surface area contributed by atoms with Crippen LogP contribution in [0.25, 0.3) is 0 Å². The van der Waals surface area contributed by atoms with Crippen molar-refractivity contribution < 1.29 is 4.79 Å². The Morgan fingerprint density at radius 2 is 1.67 bits per heavy atom. The second-order valence-corrected chi connectivity index (χ2v) is 6.68. The number of benzene rings is 1. The Kier molecular flexibility index (Phi) is 7.53. The minimum absolute atomic E-state index is 0.0249. The molecule has 1 amide bonds. The van der Waals surface area contributed by atoms with Crippen LogP contribution in [0.5, 0.6) is 0 Å². The van der Waals surface area contributed by atoms with Crippen molar-refractivity contribution in [3.8, 4) is 0 Å². The molecule has 5 nitrogen and oxygen atoms in total. The molecule has 1 fully saturated rings. The Bertz CT molecular complexity index is 493. The van der Waals surface area contributed by atoms with Crippen molar-refractivity contribution in [1.82, 2.24) is 15.1 Å². The fraction of sp³-hybridized carbons (Fsp3) is 0.632. The van der Waals surface area contributed by atoms with E-state index in [1.54, 1.807) is 0 Å². The van der Waals surface area contributed by atoms with Gasteiger partial charge in [0.15, 0.2) is 0 Å². The summed E-state index contributed by atoms with van der Waals surface area (Å²) in [6.45, 7) is 10.0. The number of carbonyl (C=O) groups excluding carboxylic acids is 1. The van der Waals surface area contributed by atoms with Crippen molar-refractivity contribution >= 4 is 11.6 Å². The zero-order chi connectivity index (χ0) is 17.4. The highest BCUT2D eigenvalue weighted by atomic mass is 16.1. The summed E-state index contributed by atoms with van der Waals surface area (Å²) in [6, 6.07) is 7.73. The second kappa shape index (κ2) is 9.64. The number of hydrogen-bond donors (Lipinski definition) is 1. The number of nitrogens with one attached hydrogen (secondary N) is 1. The average Bonchev–Trinajstić information content (AvgIpc) is 2.62. The van der Waals surface area contributed by atoms with E-state index in [0.717, 1.165) is 43.7 Å². The van der Waals surface area contributed by atoms with E-state index in [-0.39, 0.29) is 5.91 Å². The van der Waals surface area contributed by atoms with Gasteiger partial charge in [0.05, 0.1) is 0 Å². The van der Waals surface area contributed by atoms with Crippen LogP contribution in [0.4, 0.5) is 5.69 Å². The summed E-state index contributed by atoms with van der Waals surface area (Å²) < 4.78 is 0. The van der Waals surface area contributed by atoms with Crippen LogP contribution in [0.1, 0.15) is 30.1 Å². The van der Waals surface area contributed by atoms with E-state index in [9.17, 15) is 4.79 Å². The van der Waals surface area contributed by atoms with Crippen LogP contribution >= 0.6 is 0 Å². The summed E-state index contributed by atoms with van der Waals surface area (Å²) in [5, 5.41) is 3.02. The van der Waals surface area contributed by atoms with Gasteiger partial charge in [-0.2, -0.15) is 0 Å². The highest BCUT2D eigenvalue weighted by molar-refractivity contribution is 5.94. The first-order valence-corrected chi connectivity index (χ1v) is 9.10. The fourth-order valence-electron chi connectivity index (χ4n) is 3.00. The number of carbonyl (C=O) groups is 1. The molecule has 0 bridgehead atoms. The molecule has 0 saturated carbocycles. The lowest BCUT2D eigenvalue weighted by molar-refractivity contribution is 0.0951. The predicted octanol–water partition coefficient (Wildman–Crippen LogP) is 1.90. The molecule has 1 aliphatic rings. The smallest absolute Gasteiger partial charge is 0.251 e. The van der Waals surface area contributed by atoms with Gasteiger partial charge < -0.3 is 20.0 Å². The van der Waals surface area contributed by atoms with Gasteiger partial charge in [0.2, 0.25) is 0 Å². The summed E-state index contributed by atoms with van der Waals surface area (Å²) in [5.41, 5.74) is 1.84. The first kappa shape index (κ1) is 18.7. The topological polar surface area (TPSA) is 38.8 Å². The van der Waals surface area contributed by atoms with Crippen LogP contribution in [0.2, 0.25) is 0 Å². The fourth-order valence-corrected chi connectivity index (χ4v) is 3.00. The quantitative estimate of drug-likeness (QED) is 0.738. The third-order valence-electron chi connectivity index (χ3n) is 4.74. The highest BCUT2D eigenvalue weighted by Crippen LogP contribution is 2.12. The predicted molar refractivity (Wildman–Crippen MR) is 101 cm³/mol. The molecular weight excluding hydrogens is 300 g/mol. The Hall–Kier alpha value is -1.59. The maximum Gasteiger partial charge on any atom is 0.251 e. The molecule has 1 N–H and O–H groups in total. The van der Waals surface area contributed by atoms with Crippen LogP contribution in [0.3, 0.4) is 0 Å². The van der Waals surface area contributed by atoms with E-state index in [1.807, 2.05) is 43.3 Å². The Morgan fingerprint density at radius 1 is 1.04 bits per heavy atom. The highest BCUT2D eigenvalue weighted by Gasteiger charge is 2.14. The van der Waals surface area contributed by atoms with E-state index >= 15 is 0 Å². The zero-order valence-corrected chi connectivity index (χ0v) is 15.4. The molecule has 5 heteroatoms. The first-order valence-electron chi connectivity index (χ1n) is 9.10. The molecule has 1 aliphatic heterocycles. The minimum atomic E-state index is 0.0249. The van der Waals surface area contributed by atoms with E-state index in [1.165, 1.54) is 26.2 Å². The number of hydrogen-bond acceptors (Lipinski definition) is 4. The summed E-state index contributed by atoms with van der Waals surface area (Å²) in [5.74, 6) is 0.0249. The Balaban J connectivity index is 1.59. The molecule has 1 saturated heterocycles. The van der Waals surface area contributed by atoms with Gasteiger partial charge in [-0.05, 0) is 50.2 Å². The number of amides is 1. The summed E-state index contributed by atoms with van der Waals surface area (Å²) in [6.07, 6.45) is 2.18. The van der Waals surface area contributed by atoms with Gasteiger partial charge in [0, 0.05) is 58.1 Å². The SMILES string of the molecule is CCN1CCN(CCCCNC(=O)c2ccc(N(C)C)cc2)CC1. The van der Waals surface area contributed by atoms with Crippen molar-refractivity contribution in [2.75, 3.05) is 64.8 Å². The number of piperazine rings is 1. The molecule has 134 valence electrons. The van der Waals surface area contributed by atoms with Crippen molar-refractivity contribution in [3.63, 3.8) is 0 Å². The molecule has 0 radical (unpaired) electrons. The molecule has 0 unspecified atom stereocenters. The normalized spacial score (nSPS) is 16.1. The maximum atomic E-state index is 12.1. The van der Waals surface area contributed by atoms with E-state index in [4.69, 9.17) is 0 Å². The number of likely N-dealkylation sites (N-methyl/N-ethyl adjacent to an activating group) is 1. The van der Waals surface area contributed by atoms with Gasteiger partial charge in [-0.1, -0.05) is 6.92 Å². The molecule has 2 rings (SSSR count). The molecule has 0 atom stereocenters. The summed E-state index contributed by atoms with van der Waals surface area (Å²) >= 11 is 0. The van der Waals surface area contributed by atoms with Crippen molar-refractivity contribution in [2.45, 2.75) is 19.8 Å². The molecule has 0 aliphatic carbocycles. The largest absolute Gasteiger partial charge is 0.378 e. The lowest BCUT2D eigenvalue weighted by atomic mass is 10.2. The van der Waals surface area contributed by atoms with E-state index in [0.29, 0.717) is 0 Å². The number of unbranched alkanes of at least 4 members (excludes halogenated alkanes) is 1. The lowest BCUT2D eigenvalue weighted by Crippen LogP contribution is -2.46. The molecule has 1 heterocycles. The Labute approximate surface area is 146 Å². The van der Waals surface area contributed by atoms with Crippen molar-refractivity contribution in [3.05, 3.63) is 29.8 Å². The van der Waals surface area contributed by atoms with Crippen molar-refractivity contribution in [2.24, 2.45) is 0 Å². The summed E-state index contributed by atoms with van der Waals surface area (Å²) in [7, 11) is 3.99. The van der Waals surface area contributed by atoms with Crippen molar-refractivity contribution in [1.29, 1.82) is 0 Å². The van der Waals surface area contributed by atoms with Gasteiger partial charge >= 0.3 is 0 Å². The lowest BCUT2D eigenvalue weighted by Gasteiger charge is -2.33. The number of nitrogens with zero attached hydrogens (tertiary/aromatic N) is 3. The van der Waals surface area contributed by atoms with Gasteiger partial charge in [0.1, 0.15) is 0 Å². The molecule has 0 aromatic heterocycles. The van der Waals surface area contributed by atoms with Gasteiger partial charge in [0.25, 0.3) is 5.91 Å². The third-order valence-corrected chi connectivity index (χ3v) is 4.74. The Morgan fingerprint density at radius 3 is 2.25 bits per heavy atom. The average molecular weight is 332 g/mol. The molecule has 1 aromatic carbocycles. The zero-order valence-electron chi connectivity index (χ0n) is 15.4. The molecule has 1 aromatic rings. The van der Waals surface area contributed by atoms with Gasteiger partial charge in [-0.15, -0.1) is 0 Å². The second-order valence-electron chi connectivity index (χ2n) is 6.68. The molecule has 0 spiro atoms. The van der Waals surface area contributed by atoms with Crippen LogP contribution in [-0.4, -0.2) is 75.6 Å². The maximum absolute atomic E-state index is 12.1.